The highest BCUT2D eigenvalue weighted by Gasteiger charge is 2.04. The van der Waals surface area contributed by atoms with E-state index in [-0.39, 0.29) is 4.99 Å². The zero-order valence-corrected chi connectivity index (χ0v) is 12.2. The molecule has 0 bridgehead atoms. The topological polar surface area (TPSA) is 48.1 Å². The highest BCUT2D eigenvalue weighted by molar-refractivity contribution is 9.10. The fourth-order valence-electron chi connectivity index (χ4n) is 1.27. The van der Waals surface area contributed by atoms with Crippen molar-refractivity contribution in [2.24, 2.45) is 5.73 Å². The molecule has 0 saturated heterocycles. The highest BCUT2D eigenvalue weighted by atomic mass is 79.9. The lowest BCUT2D eigenvalue weighted by atomic mass is 10.3. The van der Waals surface area contributed by atoms with Crippen molar-refractivity contribution in [3.63, 3.8) is 0 Å². The van der Waals surface area contributed by atoms with Gasteiger partial charge in [0.25, 0.3) is 0 Å². The lowest BCUT2D eigenvalue weighted by molar-refractivity contribution is 0.477. The Labute approximate surface area is 123 Å². The van der Waals surface area contributed by atoms with Crippen LogP contribution in [-0.2, 0) is 0 Å². The molecule has 1 aromatic heterocycles. The summed E-state index contributed by atoms with van der Waals surface area (Å²) in [6.07, 6.45) is 1.57. The summed E-state index contributed by atoms with van der Waals surface area (Å²) in [6, 6.07) is 8.74. The van der Waals surface area contributed by atoms with E-state index in [9.17, 15) is 0 Å². The Bertz CT molecular complexity index is 589. The predicted octanol–water partition coefficient (Wildman–Crippen LogP) is 3.92. The minimum Gasteiger partial charge on any atom is -0.455 e. The molecule has 1 heterocycles. The molecule has 0 atom stereocenters. The summed E-state index contributed by atoms with van der Waals surface area (Å²) in [6.45, 7) is 0. The molecule has 2 rings (SSSR count). The zero-order chi connectivity index (χ0) is 13.1. The second-order valence-corrected chi connectivity index (χ2v) is 5.15. The monoisotopic (exact) mass is 342 g/mol. The van der Waals surface area contributed by atoms with Gasteiger partial charge < -0.3 is 10.5 Å². The maximum absolute atomic E-state index is 5.85. The molecule has 0 saturated carbocycles. The van der Waals surface area contributed by atoms with Gasteiger partial charge in [0.05, 0.1) is 16.4 Å². The van der Waals surface area contributed by atoms with Crippen LogP contribution in [0.2, 0.25) is 5.02 Å². The van der Waals surface area contributed by atoms with Crippen molar-refractivity contribution in [3.05, 3.63) is 51.7 Å². The molecule has 2 N–H and O–H groups in total. The van der Waals surface area contributed by atoms with Gasteiger partial charge in [0, 0.05) is 5.02 Å². The molecule has 0 fully saturated rings. The Kier molecular flexibility index (Phi) is 4.16. The molecule has 2 aromatic rings. The van der Waals surface area contributed by atoms with Gasteiger partial charge in [0.1, 0.15) is 16.5 Å². The smallest absolute Gasteiger partial charge is 0.145 e. The molecule has 0 amide bonds. The standard InChI is InChI=1S/C12H8BrClN2OS/c13-9-5-7(14)1-4-11(9)17-8-2-3-10(12(15)18)16-6-8/h1-6H,(H2,15,18). The molecule has 1 aromatic carbocycles. The maximum Gasteiger partial charge on any atom is 0.145 e. The van der Waals surface area contributed by atoms with Crippen molar-refractivity contribution in [2.75, 3.05) is 0 Å². The lowest BCUT2D eigenvalue weighted by Crippen LogP contribution is -2.10. The van der Waals surface area contributed by atoms with E-state index in [2.05, 4.69) is 20.9 Å². The molecule has 0 spiro atoms. The largest absolute Gasteiger partial charge is 0.455 e. The van der Waals surface area contributed by atoms with E-state index in [1.54, 1.807) is 36.5 Å². The van der Waals surface area contributed by atoms with Crippen molar-refractivity contribution < 1.29 is 4.74 Å². The summed E-state index contributed by atoms with van der Waals surface area (Å²) in [5.74, 6) is 1.25. The number of hydrogen-bond donors (Lipinski definition) is 1. The summed E-state index contributed by atoms with van der Waals surface area (Å²) in [7, 11) is 0. The van der Waals surface area contributed by atoms with Gasteiger partial charge in [-0.1, -0.05) is 23.8 Å². The highest BCUT2D eigenvalue weighted by Crippen LogP contribution is 2.31. The minimum atomic E-state index is 0.259. The Morgan fingerprint density at radius 3 is 2.67 bits per heavy atom. The Hall–Kier alpha value is -1.17. The second kappa shape index (κ2) is 5.65. The molecule has 0 radical (unpaired) electrons. The molecule has 0 unspecified atom stereocenters. The van der Waals surface area contributed by atoms with Gasteiger partial charge in [0.2, 0.25) is 0 Å². The van der Waals surface area contributed by atoms with Crippen molar-refractivity contribution in [1.29, 1.82) is 0 Å². The maximum atomic E-state index is 5.85. The number of benzene rings is 1. The normalized spacial score (nSPS) is 10.1. The van der Waals surface area contributed by atoms with Crippen molar-refractivity contribution in [2.45, 2.75) is 0 Å². The third kappa shape index (κ3) is 3.19. The lowest BCUT2D eigenvalue weighted by Gasteiger charge is -2.08. The van der Waals surface area contributed by atoms with Crippen LogP contribution in [0.1, 0.15) is 5.69 Å². The number of nitrogens with zero attached hydrogens (tertiary/aromatic N) is 1. The van der Waals surface area contributed by atoms with Crippen LogP contribution in [0.3, 0.4) is 0 Å². The predicted molar refractivity (Wildman–Crippen MR) is 79.4 cm³/mol. The molecule has 3 nitrogen and oxygen atoms in total. The molecule has 0 aliphatic heterocycles. The quantitative estimate of drug-likeness (QED) is 0.858. The summed E-state index contributed by atoms with van der Waals surface area (Å²) in [5, 5.41) is 0.635. The fraction of sp³-hybridized carbons (Fsp3) is 0. The number of hydrogen-bond acceptors (Lipinski definition) is 3. The van der Waals surface area contributed by atoms with Crippen molar-refractivity contribution in [3.8, 4) is 11.5 Å². The van der Waals surface area contributed by atoms with Crippen LogP contribution in [0.4, 0.5) is 0 Å². The number of thiocarbonyl (C=S) groups is 1. The van der Waals surface area contributed by atoms with Crippen LogP contribution >= 0.6 is 39.7 Å². The Morgan fingerprint density at radius 1 is 1.33 bits per heavy atom. The number of nitrogens with two attached hydrogens (primary N) is 1. The summed E-state index contributed by atoms with van der Waals surface area (Å²) in [4.78, 5) is 4.35. The number of rotatable bonds is 3. The van der Waals surface area contributed by atoms with E-state index >= 15 is 0 Å². The molecule has 0 aliphatic carbocycles. The second-order valence-electron chi connectivity index (χ2n) is 3.42. The summed E-state index contributed by atoms with van der Waals surface area (Å²) < 4.78 is 6.42. The molecule has 92 valence electrons. The van der Waals surface area contributed by atoms with E-state index in [0.29, 0.717) is 22.2 Å². The summed E-state index contributed by atoms with van der Waals surface area (Å²) >= 11 is 14.0. The Balaban J connectivity index is 2.21. The van der Waals surface area contributed by atoms with Gasteiger partial charge in [-0.3, -0.25) is 0 Å². The Morgan fingerprint density at radius 2 is 2.11 bits per heavy atom. The van der Waals surface area contributed by atoms with Crippen LogP contribution in [0.5, 0.6) is 11.5 Å². The van der Waals surface area contributed by atoms with Gasteiger partial charge in [-0.2, -0.15) is 0 Å². The SMILES string of the molecule is NC(=S)c1ccc(Oc2ccc(Cl)cc2Br)cn1. The molecule has 18 heavy (non-hydrogen) atoms. The van der Waals surface area contributed by atoms with Crippen LogP contribution in [0.15, 0.2) is 41.0 Å². The number of aromatic nitrogens is 1. The van der Waals surface area contributed by atoms with Crippen LogP contribution < -0.4 is 10.5 Å². The zero-order valence-electron chi connectivity index (χ0n) is 9.06. The first-order valence-electron chi connectivity index (χ1n) is 4.95. The van der Waals surface area contributed by atoms with E-state index in [1.807, 2.05) is 0 Å². The van der Waals surface area contributed by atoms with Crippen LogP contribution in [0.25, 0.3) is 0 Å². The van der Waals surface area contributed by atoms with E-state index in [4.69, 9.17) is 34.3 Å². The minimum absolute atomic E-state index is 0.259. The number of ether oxygens (including phenoxy) is 1. The molecular formula is C12H8BrClN2OS. The molecular weight excluding hydrogens is 336 g/mol. The van der Waals surface area contributed by atoms with E-state index < -0.39 is 0 Å². The van der Waals surface area contributed by atoms with Crippen molar-refractivity contribution in [1.82, 2.24) is 4.98 Å². The van der Waals surface area contributed by atoms with Gasteiger partial charge in [-0.15, -0.1) is 0 Å². The van der Waals surface area contributed by atoms with Gasteiger partial charge >= 0.3 is 0 Å². The third-order valence-electron chi connectivity index (χ3n) is 2.11. The van der Waals surface area contributed by atoms with Crippen molar-refractivity contribution >= 4 is 44.7 Å². The third-order valence-corrected chi connectivity index (χ3v) is 3.17. The van der Waals surface area contributed by atoms with E-state index in [0.717, 1.165) is 4.47 Å². The first-order valence-corrected chi connectivity index (χ1v) is 6.53. The molecule has 6 heteroatoms. The number of pyridine rings is 1. The number of halogens is 2. The molecule has 0 aliphatic rings. The van der Waals surface area contributed by atoms with E-state index in [1.165, 1.54) is 0 Å². The van der Waals surface area contributed by atoms with Gasteiger partial charge in [-0.25, -0.2) is 4.98 Å². The average Bonchev–Trinajstić information content (AvgIpc) is 2.33. The average molecular weight is 344 g/mol. The van der Waals surface area contributed by atoms with Crippen LogP contribution in [0, 0.1) is 0 Å². The first kappa shape index (κ1) is 13.3. The fourth-order valence-corrected chi connectivity index (χ4v) is 2.16. The van der Waals surface area contributed by atoms with Crippen LogP contribution in [-0.4, -0.2) is 9.97 Å². The first-order chi connectivity index (χ1) is 8.56. The summed E-state index contributed by atoms with van der Waals surface area (Å²) in [5.41, 5.74) is 6.03. The van der Waals surface area contributed by atoms with Gasteiger partial charge in [0.15, 0.2) is 0 Å². The van der Waals surface area contributed by atoms with Gasteiger partial charge in [-0.05, 0) is 46.3 Å².